The molecule has 27 heavy (non-hydrogen) atoms. The zero-order chi connectivity index (χ0) is 19.4. The van der Waals surface area contributed by atoms with Crippen molar-refractivity contribution in [2.45, 2.75) is 18.9 Å². The van der Waals surface area contributed by atoms with Gasteiger partial charge in [-0.15, -0.1) is 0 Å². The summed E-state index contributed by atoms with van der Waals surface area (Å²) in [5, 5.41) is 1.90. The Morgan fingerprint density at radius 3 is 2.52 bits per heavy atom. The van der Waals surface area contributed by atoms with Crippen molar-refractivity contribution in [3.8, 4) is 0 Å². The molecule has 1 heterocycles. The predicted octanol–water partition coefficient (Wildman–Crippen LogP) is 4.17. The van der Waals surface area contributed by atoms with Crippen molar-refractivity contribution in [3.05, 3.63) is 69.7 Å². The zero-order valence-corrected chi connectivity index (χ0v) is 17.3. The summed E-state index contributed by atoms with van der Waals surface area (Å²) in [5.41, 5.74) is 8.38. The van der Waals surface area contributed by atoms with Gasteiger partial charge in [-0.05, 0) is 55.3 Å². The maximum absolute atomic E-state index is 12.1. The van der Waals surface area contributed by atoms with Crippen molar-refractivity contribution in [3.63, 3.8) is 0 Å². The van der Waals surface area contributed by atoms with E-state index in [-0.39, 0.29) is 17.6 Å². The lowest BCUT2D eigenvalue weighted by Gasteiger charge is -2.10. The van der Waals surface area contributed by atoms with Crippen LogP contribution in [0, 0.1) is 13.8 Å². The first-order valence-electron chi connectivity index (χ1n) is 8.28. The van der Waals surface area contributed by atoms with Crippen LogP contribution in [0.25, 0.3) is 10.9 Å². The summed E-state index contributed by atoms with van der Waals surface area (Å²) in [6.07, 6.45) is 0. The highest BCUT2D eigenvalue weighted by molar-refractivity contribution is 9.10. The third-order valence-electron chi connectivity index (χ3n) is 3.95. The zero-order valence-electron chi connectivity index (χ0n) is 14.9. The van der Waals surface area contributed by atoms with Crippen LogP contribution in [-0.4, -0.2) is 22.6 Å². The molecule has 2 amide bonds. The largest absolute Gasteiger partial charge is 0.272 e. The number of hydrazine groups is 1. The molecule has 5 nitrogen and oxygen atoms in total. The molecule has 0 saturated heterocycles. The first-order valence-corrected chi connectivity index (χ1v) is 10.1. The second-order valence-electron chi connectivity index (χ2n) is 6.05. The van der Waals surface area contributed by atoms with Crippen LogP contribution in [0.5, 0.6) is 0 Å². The number of fused-ring (bicyclic) bond motifs is 1. The molecule has 0 atom stereocenters. The van der Waals surface area contributed by atoms with E-state index >= 15 is 0 Å². The standard InChI is InChI=1S/C20H18BrN3O2S/c1-12-4-3-5-15-10-13(2)20(22-18(12)15)27-11-17(25)23-24-19(26)14-6-8-16(21)9-7-14/h3-10H,11H2,1-2H3,(H,23,25)(H,24,26). The summed E-state index contributed by atoms with van der Waals surface area (Å²) >= 11 is 4.66. The van der Waals surface area contributed by atoms with Crippen LogP contribution >= 0.6 is 27.7 Å². The lowest BCUT2D eigenvalue weighted by molar-refractivity contribution is -0.119. The summed E-state index contributed by atoms with van der Waals surface area (Å²) in [4.78, 5) is 28.8. The maximum Gasteiger partial charge on any atom is 0.269 e. The molecule has 1 aromatic heterocycles. The minimum atomic E-state index is -0.364. The molecule has 0 spiro atoms. The molecule has 0 aliphatic carbocycles. The number of carbonyl (C=O) groups excluding carboxylic acids is 2. The number of carbonyl (C=O) groups is 2. The third-order valence-corrected chi connectivity index (χ3v) is 5.58. The highest BCUT2D eigenvalue weighted by Crippen LogP contribution is 2.25. The third kappa shape index (κ3) is 4.87. The summed E-state index contributed by atoms with van der Waals surface area (Å²) < 4.78 is 0.882. The van der Waals surface area contributed by atoms with E-state index in [0.717, 1.165) is 31.5 Å². The molecule has 0 bridgehead atoms. The molecule has 0 fully saturated rings. The van der Waals surface area contributed by atoms with E-state index in [1.54, 1.807) is 24.3 Å². The van der Waals surface area contributed by atoms with Crippen LogP contribution in [0.3, 0.4) is 0 Å². The highest BCUT2D eigenvalue weighted by Gasteiger charge is 2.10. The number of halogens is 1. The number of thioether (sulfide) groups is 1. The Labute approximate surface area is 170 Å². The van der Waals surface area contributed by atoms with Gasteiger partial charge in [-0.2, -0.15) is 0 Å². The van der Waals surface area contributed by atoms with Gasteiger partial charge in [0.05, 0.1) is 11.3 Å². The average molecular weight is 444 g/mol. The molecule has 138 valence electrons. The number of para-hydroxylation sites is 1. The van der Waals surface area contributed by atoms with Crippen molar-refractivity contribution in [1.82, 2.24) is 15.8 Å². The molecule has 0 aliphatic heterocycles. The van der Waals surface area contributed by atoms with Gasteiger partial charge in [0, 0.05) is 15.4 Å². The molecule has 7 heteroatoms. The smallest absolute Gasteiger partial charge is 0.269 e. The first kappa shape index (κ1) is 19.4. The fourth-order valence-corrected chi connectivity index (χ4v) is 3.60. The number of hydrogen-bond donors (Lipinski definition) is 2. The van der Waals surface area contributed by atoms with Crippen LogP contribution in [-0.2, 0) is 4.79 Å². The Morgan fingerprint density at radius 2 is 1.78 bits per heavy atom. The van der Waals surface area contributed by atoms with Crippen molar-refractivity contribution in [2.24, 2.45) is 0 Å². The predicted molar refractivity (Wildman–Crippen MR) is 112 cm³/mol. The monoisotopic (exact) mass is 443 g/mol. The Bertz CT molecular complexity index is 1010. The van der Waals surface area contributed by atoms with Crippen molar-refractivity contribution in [2.75, 3.05) is 5.75 Å². The van der Waals surface area contributed by atoms with E-state index in [4.69, 9.17) is 0 Å². The van der Waals surface area contributed by atoms with Gasteiger partial charge in [0.25, 0.3) is 5.91 Å². The topological polar surface area (TPSA) is 71.1 Å². The number of amides is 2. The maximum atomic E-state index is 12.1. The molecule has 0 unspecified atom stereocenters. The van der Waals surface area contributed by atoms with Crippen LogP contribution in [0.1, 0.15) is 21.5 Å². The molecule has 0 radical (unpaired) electrons. The second kappa shape index (κ2) is 8.54. The van der Waals surface area contributed by atoms with Crippen LogP contribution in [0.2, 0.25) is 0 Å². The van der Waals surface area contributed by atoms with Gasteiger partial charge in [0.2, 0.25) is 5.91 Å². The minimum Gasteiger partial charge on any atom is -0.272 e. The number of nitrogens with one attached hydrogen (secondary N) is 2. The Hall–Kier alpha value is -2.38. The van der Waals surface area contributed by atoms with E-state index in [1.165, 1.54) is 11.8 Å². The lowest BCUT2D eigenvalue weighted by atomic mass is 10.1. The minimum absolute atomic E-state index is 0.159. The Morgan fingerprint density at radius 1 is 1.04 bits per heavy atom. The fourth-order valence-electron chi connectivity index (χ4n) is 2.55. The van der Waals surface area contributed by atoms with E-state index in [9.17, 15) is 9.59 Å². The molecule has 2 N–H and O–H groups in total. The summed E-state index contributed by atoms with van der Waals surface area (Å²) in [5.74, 6) is -0.501. The van der Waals surface area contributed by atoms with Gasteiger partial charge < -0.3 is 0 Å². The fraction of sp³-hybridized carbons (Fsp3) is 0.150. The number of hydrogen-bond acceptors (Lipinski definition) is 4. The number of aryl methyl sites for hydroxylation is 2. The van der Waals surface area contributed by atoms with Crippen LogP contribution in [0.4, 0.5) is 0 Å². The number of pyridine rings is 1. The van der Waals surface area contributed by atoms with E-state index in [1.807, 2.05) is 32.0 Å². The van der Waals surface area contributed by atoms with Gasteiger partial charge in [-0.3, -0.25) is 20.4 Å². The van der Waals surface area contributed by atoms with Crippen molar-refractivity contribution >= 4 is 50.4 Å². The Kier molecular flexibility index (Phi) is 6.13. The van der Waals surface area contributed by atoms with Crippen molar-refractivity contribution < 1.29 is 9.59 Å². The summed E-state index contributed by atoms with van der Waals surface area (Å²) in [6.45, 7) is 3.99. The quantitative estimate of drug-likeness (QED) is 0.468. The van der Waals surface area contributed by atoms with E-state index in [0.29, 0.717) is 5.56 Å². The van der Waals surface area contributed by atoms with Crippen molar-refractivity contribution in [1.29, 1.82) is 0 Å². The van der Waals surface area contributed by atoms with Crippen LogP contribution < -0.4 is 10.9 Å². The van der Waals surface area contributed by atoms with Gasteiger partial charge in [-0.1, -0.05) is 45.9 Å². The SMILES string of the molecule is Cc1cc2cccc(C)c2nc1SCC(=O)NNC(=O)c1ccc(Br)cc1. The van der Waals surface area contributed by atoms with E-state index < -0.39 is 0 Å². The van der Waals surface area contributed by atoms with Gasteiger partial charge in [0.15, 0.2) is 0 Å². The Balaban J connectivity index is 1.58. The van der Waals surface area contributed by atoms with E-state index in [2.05, 4.69) is 37.8 Å². The number of benzene rings is 2. The molecular weight excluding hydrogens is 426 g/mol. The van der Waals surface area contributed by atoms with Gasteiger partial charge in [0.1, 0.15) is 5.03 Å². The molecule has 3 aromatic rings. The normalized spacial score (nSPS) is 10.6. The number of nitrogens with zero attached hydrogens (tertiary/aromatic N) is 1. The van der Waals surface area contributed by atoms with Crippen LogP contribution in [0.15, 0.2) is 58.0 Å². The number of rotatable bonds is 4. The molecule has 2 aromatic carbocycles. The van der Waals surface area contributed by atoms with Gasteiger partial charge in [-0.25, -0.2) is 4.98 Å². The molecule has 0 saturated carbocycles. The second-order valence-corrected chi connectivity index (χ2v) is 7.93. The first-order chi connectivity index (χ1) is 12.9. The molecule has 3 rings (SSSR count). The van der Waals surface area contributed by atoms with Gasteiger partial charge >= 0.3 is 0 Å². The highest BCUT2D eigenvalue weighted by atomic mass is 79.9. The number of aromatic nitrogens is 1. The summed E-state index contributed by atoms with van der Waals surface area (Å²) in [6, 6.07) is 15.0. The average Bonchev–Trinajstić information content (AvgIpc) is 2.65. The summed E-state index contributed by atoms with van der Waals surface area (Å²) in [7, 11) is 0. The lowest BCUT2D eigenvalue weighted by Crippen LogP contribution is -2.42. The molecule has 0 aliphatic rings. The molecular formula is C20H18BrN3O2S.